The number of imidazole rings is 1. The Bertz CT molecular complexity index is 703. The maximum absolute atomic E-state index is 9.64. The molecule has 1 aromatic carbocycles. The molecule has 0 spiro atoms. The number of aromatic amines is 1. The van der Waals surface area contributed by atoms with Gasteiger partial charge in [0, 0.05) is 37.1 Å². The van der Waals surface area contributed by atoms with Crippen LogP contribution in [0.2, 0.25) is 0 Å². The second kappa shape index (κ2) is 8.11. The Morgan fingerprint density at radius 3 is 2.46 bits per heavy atom. The van der Waals surface area contributed by atoms with Gasteiger partial charge in [0.15, 0.2) is 0 Å². The number of benzene rings is 1. The number of hydrogen-bond donors (Lipinski definition) is 3. The van der Waals surface area contributed by atoms with Gasteiger partial charge in [0.1, 0.15) is 11.4 Å². The van der Waals surface area contributed by atoms with E-state index in [0.29, 0.717) is 13.1 Å². The van der Waals surface area contributed by atoms with Crippen molar-refractivity contribution in [3.8, 4) is 11.8 Å². The molecule has 0 aliphatic rings. The molecule has 24 heavy (non-hydrogen) atoms. The van der Waals surface area contributed by atoms with E-state index in [9.17, 15) is 10.2 Å². The van der Waals surface area contributed by atoms with Crippen LogP contribution in [0.1, 0.15) is 36.5 Å². The predicted octanol–water partition coefficient (Wildman–Crippen LogP) is 1.84. The fourth-order valence-corrected chi connectivity index (χ4v) is 2.33. The molecular formula is C19H25N3O2. The Morgan fingerprint density at radius 1 is 1.21 bits per heavy atom. The first-order valence-electron chi connectivity index (χ1n) is 8.04. The first-order chi connectivity index (χ1) is 11.4. The lowest BCUT2D eigenvalue weighted by Gasteiger charge is -2.20. The first kappa shape index (κ1) is 18.2. The molecule has 0 aliphatic carbocycles. The van der Waals surface area contributed by atoms with E-state index in [1.807, 2.05) is 37.4 Å². The van der Waals surface area contributed by atoms with Gasteiger partial charge in [-0.1, -0.05) is 24.0 Å². The fourth-order valence-electron chi connectivity index (χ4n) is 2.33. The second-order valence-electron chi connectivity index (χ2n) is 6.43. The minimum absolute atomic E-state index is 0.113. The van der Waals surface area contributed by atoms with E-state index in [0.717, 1.165) is 29.2 Å². The van der Waals surface area contributed by atoms with Gasteiger partial charge in [-0.2, -0.15) is 0 Å². The Hall–Kier alpha value is -2.13. The van der Waals surface area contributed by atoms with Crippen LogP contribution in [0, 0.1) is 18.8 Å². The molecule has 0 radical (unpaired) electrons. The number of nitrogens with zero attached hydrogens (tertiary/aromatic N) is 2. The zero-order valence-corrected chi connectivity index (χ0v) is 14.5. The molecule has 3 N–H and O–H groups in total. The minimum atomic E-state index is -0.987. The van der Waals surface area contributed by atoms with Crippen LogP contribution in [0.3, 0.4) is 0 Å². The maximum atomic E-state index is 9.64. The number of rotatable bonds is 6. The van der Waals surface area contributed by atoms with Crippen molar-refractivity contribution in [2.24, 2.45) is 0 Å². The molecule has 0 bridgehead atoms. The van der Waals surface area contributed by atoms with Crippen molar-refractivity contribution >= 4 is 0 Å². The van der Waals surface area contributed by atoms with Gasteiger partial charge in [0.2, 0.25) is 0 Å². The number of aliphatic hydroxyl groups excluding tert-OH is 1. The highest BCUT2D eigenvalue weighted by Gasteiger charge is 2.09. The minimum Gasteiger partial charge on any atom is -0.395 e. The summed E-state index contributed by atoms with van der Waals surface area (Å²) in [6.45, 7) is 7.41. The standard InChI is InChI=1S/C19H25N3O2/c1-15-20-12-18(21-15)14-22(10-11-23)13-17-6-4-16(5-7-17)8-9-19(2,3)24/h4-7,12,23-24H,10-11,13-14H2,1-3H3,(H,20,21). The van der Waals surface area contributed by atoms with E-state index in [2.05, 4.69) is 26.7 Å². The Balaban J connectivity index is 2.02. The summed E-state index contributed by atoms with van der Waals surface area (Å²) in [5, 5.41) is 18.9. The molecule has 0 saturated heterocycles. The summed E-state index contributed by atoms with van der Waals surface area (Å²) < 4.78 is 0. The molecule has 1 heterocycles. The zero-order valence-electron chi connectivity index (χ0n) is 14.5. The van der Waals surface area contributed by atoms with Gasteiger partial charge in [0.25, 0.3) is 0 Å². The number of nitrogens with one attached hydrogen (secondary N) is 1. The van der Waals surface area contributed by atoms with E-state index < -0.39 is 5.60 Å². The summed E-state index contributed by atoms with van der Waals surface area (Å²) in [4.78, 5) is 9.58. The van der Waals surface area contributed by atoms with E-state index in [-0.39, 0.29) is 6.61 Å². The highest BCUT2D eigenvalue weighted by Crippen LogP contribution is 2.10. The Morgan fingerprint density at radius 2 is 1.92 bits per heavy atom. The first-order valence-corrected chi connectivity index (χ1v) is 8.04. The molecule has 0 aliphatic heterocycles. The third-order valence-corrected chi connectivity index (χ3v) is 3.44. The highest BCUT2D eigenvalue weighted by molar-refractivity contribution is 5.37. The van der Waals surface area contributed by atoms with Crippen LogP contribution in [0.4, 0.5) is 0 Å². The quantitative estimate of drug-likeness (QED) is 0.708. The van der Waals surface area contributed by atoms with Gasteiger partial charge in [-0.15, -0.1) is 0 Å². The van der Waals surface area contributed by atoms with Gasteiger partial charge < -0.3 is 15.2 Å². The lowest BCUT2D eigenvalue weighted by atomic mass is 10.1. The van der Waals surface area contributed by atoms with Gasteiger partial charge in [0.05, 0.1) is 6.61 Å². The third-order valence-electron chi connectivity index (χ3n) is 3.44. The lowest BCUT2D eigenvalue weighted by molar-refractivity contribution is 0.143. The van der Waals surface area contributed by atoms with Crippen LogP contribution in [-0.2, 0) is 13.1 Å². The third kappa shape index (κ3) is 6.17. The second-order valence-corrected chi connectivity index (χ2v) is 6.43. The molecule has 128 valence electrons. The smallest absolute Gasteiger partial charge is 0.120 e. The Labute approximate surface area is 143 Å². The molecule has 0 saturated carbocycles. The molecule has 0 atom stereocenters. The number of aryl methyl sites for hydroxylation is 1. The summed E-state index contributed by atoms with van der Waals surface area (Å²) in [5.74, 6) is 6.66. The van der Waals surface area contributed by atoms with Crippen molar-refractivity contribution in [2.45, 2.75) is 39.5 Å². The Kier molecular flexibility index (Phi) is 6.16. The average Bonchev–Trinajstić information content (AvgIpc) is 2.91. The molecular weight excluding hydrogens is 302 g/mol. The van der Waals surface area contributed by atoms with E-state index in [4.69, 9.17) is 0 Å². The summed E-state index contributed by atoms with van der Waals surface area (Å²) in [6.07, 6.45) is 1.83. The molecule has 5 heteroatoms. The average molecular weight is 327 g/mol. The molecule has 1 aromatic heterocycles. The van der Waals surface area contributed by atoms with Crippen molar-refractivity contribution < 1.29 is 10.2 Å². The van der Waals surface area contributed by atoms with Gasteiger partial charge in [-0.3, -0.25) is 4.90 Å². The highest BCUT2D eigenvalue weighted by atomic mass is 16.3. The van der Waals surface area contributed by atoms with E-state index in [1.165, 1.54) is 0 Å². The normalized spacial score (nSPS) is 11.4. The number of H-pyrrole nitrogens is 1. The van der Waals surface area contributed by atoms with Crippen LogP contribution >= 0.6 is 0 Å². The monoisotopic (exact) mass is 327 g/mol. The molecule has 2 aromatic rings. The van der Waals surface area contributed by atoms with Gasteiger partial charge in [-0.05, 0) is 38.5 Å². The van der Waals surface area contributed by atoms with Crippen LogP contribution in [0.5, 0.6) is 0 Å². The molecule has 5 nitrogen and oxygen atoms in total. The molecule has 0 fully saturated rings. The van der Waals surface area contributed by atoms with E-state index >= 15 is 0 Å². The lowest BCUT2D eigenvalue weighted by Crippen LogP contribution is -2.26. The predicted molar refractivity (Wildman–Crippen MR) is 94.1 cm³/mol. The summed E-state index contributed by atoms with van der Waals surface area (Å²) >= 11 is 0. The number of aromatic nitrogens is 2. The molecule has 0 unspecified atom stereocenters. The van der Waals surface area contributed by atoms with Crippen LogP contribution < -0.4 is 0 Å². The SMILES string of the molecule is Cc1ncc(CN(CCO)Cc2ccc(C#CC(C)(C)O)cc2)[nH]1. The van der Waals surface area contributed by atoms with Crippen molar-refractivity contribution in [3.63, 3.8) is 0 Å². The largest absolute Gasteiger partial charge is 0.395 e. The number of aliphatic hydroxyl groups is 2. The van der Waals surface area contributed by atoms with Crippen LogP contribution in [-0.4, -0.2) is 43.8 Å². The summed E-state index contributed by atoms with van der Waals surface area (Å²) in [5.41, 5.74) is 2.07. The zero-order chi connectivity index (χ0) is 17.6. The molecule has 2 rings (SSSR count). The van der Waals surface area contributed by atoms with E-state index in [1.54, 1.807) is 13.8 Å². The van der Waals surface area contributed by atoms with Crippen molar-refractivity contribution in [1.29, 1.82) is 0 Å². The fraction of sp³-hybridized carbons (Fsp3) is 0.421. The molecule has 0 amide bonds. The topological polar surface area (TPSA) is 72.4 Å². The summed E-state index contributed by atoms with van der Waals surface area (Å²) in [6, 6.07) is 7.95. The summed E-state index contributed by atoms with van der Waals surface area (Å²) in [7, 11) is 0. The maximum Gasteiger partial charge on any atom is 0.120 e. The van der Waals surface area contributed by atoms with Crippen molar-refractivity contribution in [3.05, 3.63) is 53.1 Å². The number of hydrogen-bond acceptors (Lipinski definition) is 4. The van der Waals surface area contributed by atoms with Crippen LogP contribution in [0.25, 0.3) is 0 Å². The van der Waals surface area contributed by atoms with Crippen molar-refractivity contribution in [2.75, 3.05) is 13.2 Å². The van der Waals surface area contributed by atoms with Crippen LogP contribution in [0.15, 0.2) is 30.5 Å². The van der Waals surface area contributed by atoms with Crippen molar-refractivity contribution in [1.82, 2.24) is 14.9 Å². The van der Waals surface area contributed by atoms with Gasteiger partial charge in [-0.25, -0.2) is 4.98 Å². The van der Waals surface area contributed by atoms with Gasteiger partial charge >= 0.3 is 0 Å².